The highest BCUT2D eigenvalue weighted by atomic mass is 16.5. The Morgan fingerprint density at radius 3 is 2.48 bits per heavy atom. The van der Waals surface area contributed by atoms with Crippen LogP contribution >= 0.6 is 0 Å². The Hall–Kier alpha value is -1.06. The molecule has 0 aromatic heterocycles. The summed E-state index contributed by atoms with van der Waals surface area (Å²) >= 11 is 0. The monoisotopic (exact) mass is 295 g/mol. The van der Waals surface area contributed by atoms with Crippen molar-refractivity contribution in [3.63, 3.8) is 0 Å². The highest BCUT2D eigenvalue weighted by Crippen LogP contribution is 2.29. The molecule has 3 atom stereocenters. The van der Waals surface area contributed by atoms with Gasteiger partial charge in [0.15, 0.2) is 6.61 Å². The van der Waals surface area contributed by atoms with E-state index in [1.807, 2.05) is 0 Å². The molecule has 21 heavy (non-hydrogen) atoms. The lowest BCUT2D eigenvalue weighted by molar-refractivity contribution is -0.149. The molecule has 0 bridgehead atoms. The summed E-state index contributed by atoms with van der Waals surface area (Å²) in [5.74, 6) is 1.24. The maximum absolute atomic E-state index is 11.9. The largest absolute Gasteiger partial charge is 0.456 e. The number of carbonyl (C=O) groups excluding carboxylic acids is 2. The first-order chi connectivity index (χ1) is 10.1. The smallest absolute Gasteiger partial charge is 0.306 e. The molecule has 2 saturated carbocycles. The van der Waals surface area contributed by atoms with Crippen molar-refractivity contribution in [1.29, 1.82) is 0 Å². The first-order valence-electron chi connectivity index (χ1n) is 8.51. The SMILES string of the molecule is C[C@H]1[C@H](C)CCC[C@@H]1NC(=O)COC(=O)CC1CCCC1. The number of amides is 1. The molecule has 2 aliphatic rings. The molecule has 2 aliphatic carbocycles. The van der Waals surface area contributed by atoms with Crippen LogP contribution in [-0.4, -0.2) is 24.5 Å². The lowest BCUT2D eigenvalue weighted by atomic mass is 9.78. The van der Waals surface area contributed by atoms with Crippen molar-refractivity contribution in [1.82, 2.24) is 5.32 Å². The second kappa shape index (κ2) is 7.81. The van der Waals surface area contributed by atoms with Crippen LogP contribution in [0.2, 0.25) is 0 Å². The molecule has 0 spiro atoms. The average molecular weight is 295 g/mol. The van der Waals surface area contributed by atoms with Gasteiger partial charge in [0, 0.05) is 12.5 Å². The maximum atomic E-state index is 11.9. The Morgan fingerprint density at radius 2 is 1.76 bits per heavy atom. The quantitative estimate of drug-likeness (QED) is 0.793. The van der Waals surface area contributed by atoms with E-state index in [1.165, 1.54) is 19.3 Å². The van der Waals surface area contributed by atoms with Crippen molar-refractivity contribution in [2.24, 2.45) is 17.8 Å². The molecule has 0 aliphatic heterocycles. The molecule has 0 heterocycles. The maximum Gasteiger partial charge on any atom is 0.306 e. The second-order valence-electron chi connectivity index (χ2n) is 6.96. The Kier molecular flexibility index (Phi) is 6.07. The van der Waals surface area contributed by atoms with E-state index in [0.717, 1.165) is 25.7 Å². The molecule has 0 saturated heterocycles. The van der Waals surface area contributed by atoms with Gasteiger partial charge in [-0.3, -0.25) is 9.59 Å². The lowest BCUT2D eigenvalue weighted by Gasteiger charge is -2.34. The van der Waals surface area contributed by atoms with Gasteiger partial charge in [0.1, 0.15) is 0 Å². The van der Waals surface area contributed by atoms with E-state index in [4.69, 9.17) is 4.74 Å². The van der Waals surface area contributed by atoms with E-state index in [-0.39, 0.29) is 24.5 Å². The molecular weight excluding hydrogens is 266 g/mol. The fraction of sp³-hybridized carbons (Fsp3) is 0.882. The van der Waals surface area contributed by atoms with Gasteiger partial charge in [-0.25, -0.2) is 0 Å². The summed E-state index contributed by atoms with van der Waals surface area (Å²) in [6, 6.07) is 0.231. The van der Waals surface area contributed by atoms with Crippen LogP contribution in [0.1, 0.15) is 65.2 Å². The van der Waals surface area contributed by atoms with Crippen LogP contribution in [-0.2, 0) is 14.3 Å². The molecule has 0 radical (unpaired) electrons. The standard InChI is InChI=1S/C17H29NO3/c1-12-6-5-9-15(13(12)2)18-16(19)11-21-17(20)10-14-7-3-4-8-14/h12-15H,3-11H2,1-2H3,(H,18,19)/t12-,13+,15+/m1/s1. The second-order valence-corrected chi connectivity index (χ2v) is 6.96. The van der Waals surface area contributed by atoms with Gasteiger partial charge in [0.25, 0.3) is 5.91 Å². The van der Waals surface area contributed by atoms with Crippen molar-refractivity contribution in [3.05, 3.63) is 0 Å². The molecule has 0 aromatic rings. The predicted octanol–water partition coefficient (Wildman–Crippen LogP) is 3.05. The minimum Gasteiger partial charge on any atom is -0.456 e. The van der Waals surface area contributed by atoms with Crippen LogP contribution in [0.25, 0.3) is 0 Å². The van der Waals surface area contributed by atoms with Gasteiger partial charge in [0.05, 0.1) is 0 Å². The number of rotatable bonds is 5. The van der Waals surface area contributed by atoms with Crippen LogP contribution < -0.4 is 5.32 Å². The summed E-state index contributed by atoms with van der Waals surface area (Å²) in [5.41, 5.74) is 0. The summed E-state index contributed by atoms with van der Waals surface area (Å²) < 4.78 is 5.12. The number of ether oxygens (including phenoxy) is 1. The van der Waals surface area contributed by atoms with E-state index in [1.54, 1.807) is 0 Å². The fourth-order valence-electron chi connectivity index (χ4n) is 3.69. The van der Waals surface area contributed by atoms with Crippen molar-refractivity contribution in [2.45, 2.75) is 71.3 Å². The van der Waals surface area contributed by atoms with Crippen molar-refractivity contribution >= 4 is 11.9 Å². The van der Waals surface area contributed by atoms with E-state index in [0.29, 0.717) is 24.2 Å². The number of hydrogen-bond acceptors (Lipinski definition) is 3. The molecule has 1 N–H and O–H groups in total. The highest BCUT2D eigenvalue weighted by molar-refractivity contribution is 5.80. The molecule has 2 rings (SSSR count). The zero-order chi connectivity index (χ0) is 15.2. The first-order valence-corrected chi connectivity index (χ1v) is 8.51. The highest BCUT2D eigenvalue weighted by Gasteiger charge is 2.28. The van der Waals surface area contributed by atoms with E-state index in [2.05, 4.69) is 19.2 Å². The molecular formula is C17H29NO3. The molecule has 4 heteroatoms. The molecule has 120 valence electrons. The zero-order valence-corrected chi connectivity index (χ0v) is 13.4. The van der Waals surface area contributed by atoms with Crippen LogP contribution in [0.5, 0.6) is 0 Å². The van der Waals surface area contributed by atoms with Crippen molar-refractivity contribution in [2.75, 3.05) is 6.61 Å². The number of nitrogens with one attached hydrogen (secondary N) is 1. The van der Waals surface area contributed by atoms with Crippen LogP contribution in [0.15, 0.2) is 0 Å². The van der Waals surface area contributed by atoms with Crippen LogP contribution in [0.3, 0.4) is 0 Å². The summed E-state index contributed by atoms with van der Waals surface area (Å²) in [6.07, 6.45) is 8.60. The summed E-state index contributed by atoms with van der Waals surface area (Å²) in [7, 11) is 0. The lowest BCUT2D eigenvalue weighted by Crippen LogP contribution is -2.45. The van der Waals surface area contributed by atoms with Gasteiger partial charge >= 0.3 is 5.97 Å². The fourth-order valence-corrected chi connectivity index (χ4v) is 3.69. The Balaban J connectivity index is 1.65. The van der Waals surface area contributed by atoms with Crippen molar-refractivity contribution < 1.29 is 14.3 Å². The van der Waals surface area contributed by atoms with Gasteiger partial charge in [-0.05, 0) is 37.0 Å². The third-order valence-corrected chi connectivity index (χ3v) is 5.35. The Labute approximate surface area is 128 Å². The molecule has 1 amide bonds. The summed E-state index contributed by atoms with van der Waals surface area (Å²) in [6.45, 7) is 4.31. The zero-order valence-electron chi connectivity index (χ0n) is 13.4. The predicted molar refractivity (Wildman–Crippen MR) is 81.6 cm³/mol. The van der Waals surface area contributed by atoms with E-state index < -0.39 is 0 Å². The topological polar surface area (TPSA) is 55.4 Å². The Morgan fingerprint density at radius 1 is 1.05 bits per heavy atom. The molecule has 0 aromatic carbocycles. The normalized spacial score (nSPS) is 30.1. The number of esters is 1. The minimum atomic E-state index is -0.220. The number of hydrogen-bond donors (Lipinski definition) is 1. The third-order valence-electron chi connectivity index (χ3n) is 5.35. The van der Waals surface area contributed by atoms with Crippen molar-refractivity contribution in [3.8, 4) is 0 Å². The Bertz CT molecular complexity index is 363. The van der Waals surface area contributed by atoms with E-state index in [9.17, 15) is 9.59 Å². The molecule has 4 nitrogen and oxygen atoms in total. The van der Waals surface area contributed by atoms with Crippen LogP contribution in [0, 0.1) is 17.8 Å². The average Bonchev–Trinajstić information content (AvgIpc) is 2.94. The molecule has 2 fully saturated rings. The minimum absolute atomic E-state index is 0.122. The van der Waals surface area contributed by atoms with Crippen LogP contribution in [0.4, 0.5) is 0 Å². The third kappa shape index (κ3) is 5.01. The van der Waals surface area contributed by atoms with Gasteiger partial charge in [-0.15, -0.1) is 0 Å². The van der Waals surface area contributed by atoms with Gasteiger partial charge in [-0.2, -0.15) is 0 Å². The summed E-state index contributed by atoms with van der Waals surface area (Å²) in [4.78, 5) is 23.6. The van der Waals surface area contributed by atoms with Gasteiger partial charge in [-0.1, -0.05) is 39.5 Å². The number of carbonyl (C=O) groups is 2. The molecule has 0 unspecified atom stereocenters. The van der Waals surface area contributed by atoms with E-state index >= 15 is 0 Å². The van der Waals surface area contributed by atoms with Gasteiger partial charge < -0.3 is 10.1 Å². The summed E-state index contributed by atoms with van der Waals surface area (Å²) in [5, 5.41) is 3.03. The first kappa shape index (κ1) is 16.3. The van der Waals surface area contributed by atoms with Gasteiger partial charge in [0.2, 0.25) is 0 Å².